The SMILES string of the molecule is Cc1cccnc1-c1noc(CCC(C)CCN)n1. The Morgan fingerprint density at radius 2 is 2.21 bits per heavy atom. The van der Waals surface area contributed by atoms with E-state index in [1.807, 2.05) is 19.1 Å². The minimum atomic E-state index is 0.569. The van der Waals surface area contributed by atoms with Gasteiger partial charge in [0.25, 0.3) is 0 Å². The van der Waals surface area contributed by atoms with Crippen LogP contribution in [-0.2, 0) is 6.42 Å². The van der Waals surface area contributed by atoms with Gasteiger partial charge < -0.3 is 10.3 Å². The fourth-order valence-electron chi connectivity index (χ4n) is 1.97. The van der Waals surface area contributed by atoms with Gasteiger partial charge >= 0.3 is 0 Å². The van der Waals surface area contributed by atoms with Crippen LogP contribution in [0.25, 0.3) is 11.5 Å². The Bertz CT molecular complexity index is 524. The van der Waals surface area contributed by atoms with Crippen LogP contribution < -0.4 is 5.73 Å². The van der Waals surface area contributed by atoms with Gasteiger partial charge in [-0.15, -0.1) is 0 Å². The van der Waals surface area contributed by atoms with E-state index >= 15 is 0 Å². The van der Waals surface area contributed by atoms with E-state index in [0.717, 1.165) is 37.1 Å². The Morgan fingerprint density at radius 1 is 1.37 bits per heavy atom. The van der Waals surface area contributed by atoms with Crippen LogP contribution in [0.2, 0.25) is 0 Å². The quantitative estimate of drug-likeness (QED) is 0.862. The summed E-state index contributed by atoms with van der Waals surface area (Å²) in [6.07, 6.45) is 4.57. The summed E-state index contributed by atoms with van der Waals surface area (Å²) in [5, 5.41) is 4.00. The van der Waals surface area contributed by atoms with Crippen LogP contribution in [0, 0.1) is 12.8 Å². The molecule has 0 bridgehead atoms. The lowest BCUT2D eigenvalue weighted by Gasteiger charge is -2.06. The molecule has 2 N–H and O–H groups in total. The zero-order chi connectivity index (χ0) is 13.7. The average molecular weight is 260 g/mol. The summed E-state index contributed by atoms with van der Waals surface area (Å²) >= 11 is 0. The molecule has 0 aliphatic heterocycles. The second-order valence-corrected chi connectivity index (χ2v) is 4.90. The molecule has 0 aliphatic carbocycles. The molecule has 0 fully saturated rings. The molecule has 2 aromatic heterocycles. The second-order valence-electron chi connectivity index (χ2n) is 4.90. The Hall–Kier alpha value is -1.75. The number of aromatic nitrogens is 3. The minimum absolute atomic E-state index is 0.569. The molecule has 102 valence electrons. The van der Waals surface area contributed by atoms with Gasteiger partial charge in [-0.1, -0.05) is 18.1 Å². The predicted molar refractivity (Wildman–Crippen MR) is 73.4 cm³/mol. The van der Waals surface area contributed by atoms with Crippen LogP contribution in [0.4, 0.5) is 0 Å². The van der Waals surface area contributed by atoms with E-state index < -0.39 is 0 Å². The first kappa shape index (κ1) is 13.7. The third kappa shape index (κ3) is 3.61. The molecule has 5 heteroatoms. The van der Waals surface area contributed by atoms with Crippen molar-refractivity contribution in [3.63, 3.8) is 0 Å². The topological polar surface area (TPSA) is 77.8 Å². The Labute approximate surface area is 113 Å². The summed E-state index contributed by atoms with van der Waals surface area (Å²) in [7, 11) is 0. The van der Waals surface area contributed by atoms with Crippen molar-refractivity contribution in [2.75, 3.05) is 6.54 Å². The van der Waals surface area contributed by atoms with Gasteiger partial charge in [-0.3, -0.25) is 4.98 Å². The van der Waals surface area contributed by atoms with Crippen molar-refractivity contribution < 1.29 is 4.52 Å². The molecule has 2 aromatic rings. The van der Waals surface area contributed by atoms with Gasteiger partial charge in [0.1, 0.15) is 5.69 Å². The van der Waals surface area contributed by atoms with Crippen LogP contribution in [0.15, 0.2) is 22.9 Å². The molecule has 0 spiro atoms. The fourth-order valence-corrected chi connectivity index (χ4v) is 1.97. The Morgan fingerprint density at radius 3 is 2.95 bits per heavy atom. The number of nitrogens with two attached hydrogens (primary N) is 1. The number of hydrogen-bond acceptors (Lipinski definition) is 5. The molecule has 5 nitrogen and oxygen atoms in total. The molecule has 2 heterocycles. The van der Waals surface area contributed by atoms with Gasteiger partial charge in [0.15, 0.2) is 0 Å². The molecule has 0 saturated heterocycles. The highest BCUT2D eigenvalue weighted by Gasteiger charge is 2.12. The molecule has 0 aliphatic rings. The minimum Gasteiger partial charge on any atom is -0.339 e. The van der Waals surface area contributed by atoms with Gasteiger partial charge in [-0.25, -0.2) is 0 Å². The highest BCUT2D eigenvalue weighted by Crippen LogP contribution is 2.18. The van der Waals surface area contributed by atoms with Crippen molar-refractivity contribution in [3.8, 4) is 11.5 Å². The number of rotatable bonds is 6. The van der Waals surface area contributed by atoms with Crippen molar-refractivity contribution in [1.82, 2.24) is 15.1 Å². The van der Waals surface area contributed by atoms with Crippen LogP contribution >= 0.6 is 0 Å². The lowest BCUT2D eigenvalue weighted by Crippen LogP contribution is -2.06. The van der Waals surface area contributed by atoms with Gasteiger partial charge in [-0.05, 0) is 43.9 Å². The average Bonchev–Trinajstić information content (AvgIpc) is 2.86. The zero-order valence-electron chi connectivity index (χ0n) is 11.5. The highest BCUT2D eigenvalue weighted by molar-refractivity contribution is 5.52. The normalized spacial score (nSPS) is 12.6. The molecule has 2 rings (SSSR count). The molecule has 19 heavy (non-hydrogen) atoms. The molecular formula is C14H20N4O. The van der Waals surface area contributed by atoms with E-state index in [1.165, 1.54) is 0 Å². The second kappa shape index (κ2) is 6.43. The molecule has 0 radical (unpaired) electrons. The maximum atomic E-state index is 5.54. The third-order valence-electron chi connectivity index (χ3n) is 3.20. The van der Waals surface area contributed by atoms with Gasteiger partial charge in [0.2, 0.25) is 11.7 Å². The van der Waals surface area contributed by atoms with E-state index in [4.69, 9.17) is 10.3 Å². The summed E-state index contributed by atoms with van der Waals surface area (Å²) in [6, 6.07) is 3.88. The summed E-state index contributed by atoms with van der Waals surface area (Å²) in [4.78, 5) is 8.69. The molecular weight excluding hydrogens is 240 g/mol. The third-order valence-corrected chi connectivity index (χ3v) is 3.20. The van der Waals surface area contributed by atoms with E-state index in [9.17, 15) is 0 Å². The molecule has 1 atom stereocenters. The van der Waals surface area contributed by atoms with E-state index in [2.05, 4.69) is 22.0 Å². The number of aryl methyl sites for hydroxylation is 2. The standard InChI is InChI=1S/C14H20N4O/c1-10(7-8-15)5-6-12-17-14(18-19-12)13-11(2)4-3-9-16-13/h3-4,9-10H,5-8,15H2,1-2H3. The molecule has 0 saturated carbocycles. The van der Waals surface area contributed by atoms with Crippen molar-refractivity contribution in [1.29, 1.82) is 0 Å². The number of pyridine rings is 1. The van der Waals surface area contributed by atoms with Crippen molar-refractivity contribution in [2.24, 2.45) is 11.7 Å². The van der Waals surface area contributed by atoms with Crippen LogP contribution in [-0.4, -0.2) is 21.7 Å². The van der Waals surface area contributed by atoms with Crippen LogP contribution in [0.5, 0.6) is 0 Å². The summed E-state index contributed by atoms with van der Waals surface area (Å²) in [5.41, 5.74) is 7.37. The van der Waals surface area contributed by atoms with Gasteiger partial charge in [0.05, 0.1) is 0 Å². The summed E-state index contributed by atoms with van der Waals surface area (Å²) in [5.74, 6) is 1.82. The fraction of sp³-hybridized carbons (Fsp3) is 0.500. The van der Waals surface area contributed by atoms with Crippen LogP contribution in [0.3, 0.4) is 0 Å². The van der Waals surface area contributed by atoms with Gasteiger partial charge in [-0.2, -0.15) is 4.98 Å². The summed E-state index contributed by atoms with van der Waals surface area (Å²) in [6.45, 7) is 4.90. The van der Waals surface area contributed by atoms with Crippen LogP contribution in [0.1, 0.15) is 31.2 Å². The highest BCUT2D eigenvalue weighted by atomic mass is 16.5. The van der Waals surface area contributed by atoms with Crippen molar-refractivity contribution >= 4 is 0 Å². The van der Waals surface area contributed by atoms with E-state index in [-0.39, 0.29) is 0 Å². The van der Waals surface area contributed by atoms with E-state index in [0.29, 0.717) is 17.6 Å². The van der Waals surface area contributed by atoms with Crippen molar-refractivity contribution in [3.05, 3.63) is 29.8 Å². The maximum absolute atomic E-state index is 5.54. The first-order valence-electron chi connectivity index (χ1n) is 6.65. The summed E-state index contributed by atoms with van der Waals surface area (Å²) < 4.78 is 5.27. The predicted octanol–water partition coefficient (Wildman–Crippen LogP) is 2.36. The maximum Gasteiger partial charge on any atom is 0.227 e. The largest absolute Gasteiger partial charge is 0.339 e. The first-order chi connectivity index (χ1) is 9.20. The molecule has 1 unspecified atom stereocenters. The first-order valence-corrected chi connectivity index (χ1v) is 6.65. The molecule has 0 aromatic carbocycles. The van der Waals surface area contributed by atoms with Crippen molar-refractivity contribution in [2.45, 2.75) is 33.1 Å². The number of nitrogens with zero attached hydrogens (tertiary/aromatic N) is 3. The van der Waals surface area contributed by atoms with E-state index in [1.54, 1.807) is 6.20 Å². The lowest BCUT2D eigenvalue weighted by atomic mass is 10.0. The Kier molecular flexibility index (Phi) is 4.63. The molecule has 0 amide bonds. The zero-order valence-corrected chi connectivity index (χ0v) is 11.5. The smallest absolute Gasteiger partial charge is 0.227 e. The monoisotopic (exact) mass is 260 g/mol. The Balaban J connectivity index is 2.02. The van der Waals surface area contributed by atoms with Gasteiger partial charge in [0, 0.05) is 12.6 Å². The number of hydrogen-bond donors (Lipinski definition) is 1. The lowest BCUT2D eigenvalue weighted by molar-refractivity contribution is 0.362.